The lowest BCUT2D eigenvalue weighted by molar-refractivity contribution is 0.0587. The summed E-state index contributed by atoms with van der Waals surface area (Å²) in [4.78, 5) is 11.7. The highest BCUT2D eigenvalue weighted by Crippen LogP contribution is 2.16. The molecule has 0 amide bonds. The highest BCUT2D eigenvalue weighted by Gasteiger charge is 2.18. The molecule has 1 rings (SSSR count). The Morgan fingerprint density at radius 1 is 1.33 bits per heavy atom. The van der Waals surface area contributed by atoms with E-state index in [1.54, 1.807) is 45.2 Å². The number of hydrogen-bond acceptors (Lipinski definition) is 3. The van der Waals surface area contributed by atoms with E-state index in [-0.39, 0.29) is 12.2 Å². The van der Waals surface area contributed by atoms with E-state index in [0.29, 0.717) is 5.56 Å². The molecular formula is C12H16O3. The van der Waals surface area contributed by atoms with Crippen molar-refractivity contribution in [2.24, 2.45) is 0 Å². The lowest BCUT2D eigenvalue weighted by Gasteiger charge is -2.15. The summed E-state index contributed by atoms with van der Waals surface area (Å²) in [6.45, 7) is 3.24. The molecule has 1 aromatic rings. The number of benzene rings is 1. The SMILES string of the molecule is COc1ccc(C(=O)CC(C)(C)O)cc1. The number of ketones is 1. The van der Waals surface area contributed by atoms with Crippen LogP contribution in [0.15, 0.2) is 24.3 Å². The number of methoxy groups -OCH3 is 1. The largest absolute Gasteiger partial charge is 0.497 e. The Hall–Kier alpha value is -1.35. The second-order valence-corrected chi connectivity index (χ2v) is 4.14. The minimum Gasteiger partial charge on any atom is -0.497 e. The molecule has 0 atom stereocenters. The lowest BCUT2D eigenvalue weighted by atomic mass is 9.98. The van der Waals surface area contributed by atoms with Crippen LogP contribution < -0.4 is 4.74 Å². The molecule has 0 unspecified atom stereocenters. The third-order valence-corrected chi connectivity index (χ3v) is 2.01. The Morgan fingerprint density at radius 2 is 1.87 bits per heavy atom. The highest BCUT2D eigenvalue weighted by atomic mass is 16.5. The average molecular weight is 208 g/mol. The average Bonchev–Trinajstić information content (AvgIpc) is 2.15. The van der Waals surface area contributed by atoms with E-state index < -0.39 is 5.60 Å². The van der Waals surface area contributed by atoms with Gasteiger partial charge in [0.05, 0.1) is 12.7 Å². The number of hydrogen-bond donors (Lipinski definition) is 1. The predicted molar refractivity (Wildman–Crippen MR) is 58.2 cm³/mol. The Labute approximate surface area is 89.7 Å². The smallest absolute Gasteiger partial charge is 0.165 e. The second kappa shape index (κ2) is 4.45. The molecule has 0 saturated heterocycles. The van der Waals surface area contributed by atoms with Crippen molar-refractivity contribution in [2.75, 3.05) is 7.11 Å². The van der Waals surface area contributed by atoms with Crippen molar-refractivity contribution in [2.45, 2.75) is 25.9 Å². The van der Waals surface area contributed by atoms with E-state index >= 15 is 0 Å². The van der Waals surface area contributed by atoms with E-state index in [1.807, 2.05) is 0 Å². The van der Waals surface area contributed by atoms with Crippen LogP contribution >= 0.6 is 0 Å². The maximum absolute atomic E-state index is 11.7. The fourth-order valence-corrected chi connectivity index (χ4v) is 1.27. The van der Waals surface area contributed by atoms with Crippen LogP contribution in [0.1, 0.15) is 30.6 Å². The first-order valence-electron chi connectivity index (χ1n) is 4.82. The molecule has 3 nitrogen and oxygen atoms in total. The number of aliphatic hydroxyl groups is 1. The van der Waals surface area contributed by atoms with E-state index in [9.17, 15) is 9.90 Å². The van der Waals surface area contributed by atoms with Crippen molar-refractivity contribution >= 4 is 5.78 Å². The summed E-state index contributed by atoms with van der Waals surface area (Å²) in [5.74, 6) is 0.653. The zero-order chi connectivity index (χ0) is 11.5. The Kier molecular flexibility index (Phi) is 3.48. The lowest BCUT2D eigenvalue weighted by Crippen LogP contribution is -2.23. The number of ether oxygens (including phenoxy) is 1. The molecule has 0 saturated carbocycles. The molecule has 0 aliphatic rings. The van der Waals surface area contributed by atoms with Crippen LogP contribution in [0.25, 0.3) is 0 Å². The number of Topliss-reactive ketones (excluding diaryl/α,β-unsaturated/α-hetero) is 1. The number of rotatable bonds is 4. The van der Waals surface area contributed by atoms with Gasteiger partial charge in [-0.1, -0.05) is 0 Å². The van der Waals surface area contributed by atoms with Crippen LogP contribution in [0.3, 0.4) is 0 Å². The monoisotopic (exact) mass is 208 g/mol. The molecule has 0 radical (unpaired) electrons. The van der Waals surface area contributed by atoms with Gasteiger partial charge in [0, 0.05) is 12.0 Å². The minimum absolute atomic E-state index is 0.0647. The van der Waals surface area contributed by atoms with Gasteiger partial charge < -0.3 is 9.84 Å². The molecule has 0 heterocycles. The number of carbonyl (C=O) groups excluding carboxylic acids is 1. The zero-order valence-electron chi connectivity index (χ0n) is 9.28. The summed E-state index contributed by atoms with van der Waals surface area (Å²) in [5.41, 5.74) is -0.366. The Morgan fingerprint density at radius 3 is 2.27 bits per heavy atom. The van der Waals surface area contributed by atoms with E-state index in [1.165, 1.54) is 0 Å². The van der Waals surface area contributed by atoms with Crippen LogP contribution in [0, 0.1) is 0 Å². The van der Waals surface area contributed by atoms with Gasteiger partial charge >= 0.3 is 0 Å². The zero-order valence-corrected chi connectivity index (χ0v) is 9.28. The van der Waals surface area contributed by atoms with Crippen molar-refractivity contribution in [3.8, 4) is 5.75 Å². The fourth-order valence-electron chi connectivity index (χ4n) is 1.27. The predicted octanol–water partition coefficient (Wildman–Crippen LogP) is 2.04. The minimum atomic E-state index is -0.961. The molecule has 0 aliphatic heterocycles. The molecular weight excluding hydrogens is 192 g/mol. The van der Waals surface area contributed by atoms with Gasteiger partial charge in [0.15, 0.2) is 5.78 Å². The Balaban J connectivity index is 2.75. The molecule has 15 heavy (non-hydrogen) atoms. The third kappa shape index (κ3) is 3.72. The third-order valence-electron chi connectivity index (χ3n) is 2.01. The highest BCUT2D eigenvalue weighted by molar-refractivity contribution is 5.96. The first kappa shape index (κ1) is 11.7. The van der Waals surface area contributed by atoms with E-state index in [0.717, 1.165) is 5.75 Å². The van der Waals surface area contributed by atoms with Crippen LogP contribution in [-0.2, 0) is 0 Å². The first-order chi connectivity index (χ1) is 6.92. The normalized spacial score (nSPS) is 11.2. The molecule has 0 fully saturated rings. The van der Waals surface area contributed by atoms with Crippen LogP contribution in [0.2, 0.25) is 0 Å². The summed E-state index contributed by atoms with van der Waals surface area (Å²) in [6, 6.07) is 6.87. The summed E-state index contributed by atoms with van der Waals surface area (Å²) in [5, 5.41) is 9.50. The van der Waals surface area contributed by atoms with Gasteiger partial charge in [-0.2, -0.15) is 0 Å². The van der Waals surface area contributed by atoms with Crippen molar-refractivity contribution in [1.82, 2.24) is 0 Å². The van der Waals surface area contributed by atoms with Crippen LogP contribution in [0.4, 0.5) is 0 Å². The summed E-state index contributed by atoms with van der Waals surface area (Å²) >= 11 is 0. The molecule has 82 valence electrons. The number of carbonyl (C=O) groups is 1. The van der Waals surface area contributed by atoms with E-state index in [4.69, 9.17) is 4.74 Å². The molecule has 0 bridgehead atoms. The van der Waals surface area contributed by atoms with Crippen molar-refractivity contribution in [1.29, 1.82) is 0 Å². The standard InChI is InChI=1S/C12H16O3/c1-12(2,14)8-11(13)9-4-6-10(15-3)7-5-9/h4-7,14H,8H2,1-3H3. The molecule has 0 spiro atoms. The second-order valence-electron chi connectivity index (χ2n) is 4.14. The van der Waals surface area contributed by atoms with Gasteiger partial charge in [0.1, 0.15) is 5.75 Å². The van der Waals surface area contributed by atoms with Gasteiger partial charge in [0.25, 0.3) is 0 Å². The van der Waals surface area contributed by atoms with Gasteiger partial charge in [-0.05, 0) is 38.1 Å². The fraction of sp³-hybridized carbons (Fsp3) is 0.417. The summed E-state index contributed by atoms with van der Waals surface area (Å²) < 4.78 is 4.99. The van der Waals surface area contributed by atoms with Crippen molar-refractivity contribution in [3.63, 3.8) is 0 Å². The summed E-state index contributed by atoms with van der Waals surface area (Å²) in [7, 11) is 1.58. The first-order valence-corrected chi connectivity index (χ1v) is 4.82. The van der Waals surface area contributed by atoms with Gasteiger partial charge in [-0.15, -0.1) is 0 Å². The van der Waals surface area contributed by atoms with E-state index in [2.05, 4.69) is 0 Å². The molecule has 0 aromatic heterocycles. The van der Waals surface area contributed by atoms with Gasteiger partial charge in [0.2, 0.25) is 0 Å². The summed E-state index contributed by atoms with van der Waals surface area (Å²) in [6.07, 6.45) is 0.124. The topological polar surface area (TPSA) is 46.5 Å². The molecule has 1 N–H and O–H groups in total. The quantitative estimate of drug-likeness (QED) is 0.770. The van der Waals surface area contributed by atoms with Crippen molar-refractivity contribution < 1.29 is 14.6 Å². The maximum atomic E-state index is 11.7. The molecule has 1 aromatic carbocycles. The molecule has 3 heteroatoms. The van der Waals surface area contributed by atoms with Gasteiger partial charge in [-0.3, -0.25) is 4.79 Å². The van der Waals surface area contributed by atoms with Gasteiger partial charge in [-0.25, -0.2) is 0 Å². The van der Waals surface area contributed by atoms with Crippen LogP contribution in [-0.4, -0.2) is 23.6 Å². The van der Waals surface area contributed by atoms with Crippen LogP contribution in [0.5, 0.6) is 5.75 Å². The molecule has 0 aliphatic carbocycles. The maximum Gasteiger partial charge on any atom is 0.165 e. The Bertz CT molecular complexity index is 333. The van der Waals surface area contributed by atoms with Crippen molar-refractivity contribution in [3.05, 3.63) is 29.8 Å².